The fraction of sp³-hybridized carbons (Fsp3) is 0.769. The van der Waals surface area contributed by atoms with Crippen molar-refractivity contribution in [1.29, 1.82) is 0 Å². The minimum Gasteiger partial charge on any atom is -0.373 e. The number of hydrogen-bond acceptors (Lipinski definition) is 4. The number of amides is 1. The van der Waals surface area contributed by atoms with E-state index in [-0.39, 0.29) is 11.9 Å². The van der Waals surface area contributed by atoms with Crippen molar-refractivity contribution in [2.45, 2.75) is 51.3 Å². The lowest BCUT2D eigenvalue weighted by Crippen LogP contribution is -2.38. The van der Waals surface area contributed by atoms with Crippen LogP contribution in [0, 0.1) is 0 Å². The predicted molar refractivity (Wildman–Crippen MR) is 68.3 cm³/mol. The van der Waals surface area contributed by atoms with Crippen molar-refractivity contribution in [3.8, 4) is 0 Å². The highest BCUT2D eigenvalue weighted by molar-refractivity contribution is 5.76. The summed E-state index contributed by atoms with van der Waals surface area (Å²) in [5, 5.41) is 8.15. The number of carbonyl (C=O) groups is 1. The maximum Gasteiger partial charge on any atom is 0.222 e. The number of hydrogen-bond donors (Lipinski definition) is 0. The maximum atomic E-state index is 12.2. The standard InChI is InChI=1S/C13H20N4O2/c18-13-5-1-2-6-16-8-11(14-15-16)9-19-10-12-4-3-7-17(12)13/h8,12H,1-7,9-10H2. The van der Waals surface area contributed by atoms with Crippen LogP contribution in [0.2, 0.25) is 0 Å². The second-order valence-electron chi connectivity index (χ2n) is 5.33. The summed E-state index contributed by atoms with van der Waals surface area (Å²) >= 11 is 0. The van der Waals surface area contributed by atoms with Gasteiger partial charge in [0.15, 0.2) is 0 Å². The maximum absolute atomic E-state index is 12.2. The number of aryl methyl sites for hydroxylation is 1. The van der Waals surface area contributed by atoms with Gasteiger partial charge in [0.2, 0.25) is 5.91 Å². The largest absolute Gasteiger partial charge is 0.373 e. The highest BCUT2D eigenvalue weighted by atomic mass is 16.5. The van der Waals surface area contributed by atoms with Crippen LogP contribution in [0.3, 0.4) is 0 Å². The van der Waals surface area contributed by atoms with Crippen molar-refractivity contribution in [2.75, 3.05) is 13.2 Å². The molecule has 1 aromatic heterocycles. The van der Waals surface area contributed by atoms with Crippen LogP contribution in [0.5, 0.6) is 0 Å². The van der Waals surface area contributed by atoms with Gasteiger partial charge in [0.25, 0.3) is 0 Å². The normalized spacial score (nSPS) is 25.4. The van der Waals surface area contributed by atoms with Gasteiger partial charge in [-0.05, 0) is 25.7 Å². The van der Waals surface area contributed by atoms with E-state index in [0.717, 1.165) is 44.5 Å². The van der Waals surface area contributed by atoms with Crippen LogP contribution >= 0.6 is 0 Å². The van der Waals surface area contributed by atoms with Gasteiger partial charge in [-0.15, -0.1) is 5.10 Å². The molecule has 0 radical (unpaired) electrons. The van der Waals surface area contributed by atoms with Gasteiger partial charge in [-0.1, -0.05) is 5.21 Å². The summed E-state index contributed by atoms with van der Waals surface area (Å²) in [5.74, 6) is 0.281. The summed E-state index contributed by atoms with van der Waals surface area (Å²) in [6, 6.07) is 0.253. The average molecular weight is 264 g/mol. The van der Waals surface area contributed by atoms with E-state index in [9.17, 15) is 4.79 Å². The van der Waals surface area contributed by atoms with E-state index in [1.807, 2.05) is 15.8 Å². The fourth-order valence-electron chi connectivity index (χ4n) is 2.84. The van der Waals surface area contributed by atoms with E-state index >= 15 is 0 Å². The smallest absolute Gasteiger partial charge is 0.222 e. The van der Waals surface area contributed by atoms with Crippen LogP contribution in [0.1, 0.15) is 37.8 Å². The molecule has 1 amide bonds. The van der Waals surface area contributed by atoms with Gasteiger partial charge < -0.3 is 9.64 Å². The molecule has 0 aliphatic carbocycles. The Morgan fingerprint density at radius 1 is 1.26 bits per heavy atom. The zero-order chi connectivity index (χ0) is 13.1. The molecular formula is C13H20N4O2. The second kappa shape index (κ2) is 5.69. The Kier molecular flexibility index (Phi) is 3.77. The average Bonchev–Trinajstić information content (AvgIpc) is 3.03. The van der Waals surface area contributed by atoms with Crippen LogP contribution in [0.25, 0.3) is 0 Å². The third kappa shape index (κ3) is 2.94. The third-order valence-corrected chi connectivity index (χ3v) is 3.87. The van der Waals surface area contributed by atoms with Gasteiger partial charge in [-0.2, -0.15) is 0 Å². The molecule has 1 saturated heterocycles. The van der Waals surface area contributed by atoms with E-state index in [0.29, 0.717) is 19.6 Å². The molecule has 6 nitrogen and oxygen atoms in total. The lowest BCUT2D eigenvalue weighted by Gasteiger charge is -2.24. The quantitative estimate of drug-likeness (QED) is 0.700. The van der Waals surface area contributed by atoms with Gasteiger partial charge >= 0.3 is 0 Å². The molecule has 0 spiro atoms. The number of nitrogens with zero attached hydrogens (tertiary/aromatic N) is 4. The zero-order valence-electron chi connectivity index (χ0n) is 11.1. The summed E-state index contributed by atoms with van der Waals surface area (Å²) in [5.41, 5.74) is 0.870. The fourth-order valence-corrected chi connectivity index (χ4v) is 2.84. The Balaban J connectivity index is 1.69. The van der Waals surface area contributed by atoms with E-state index in [1.54, 1.807) is 0 Å². The van der Waals surface area contributed by atoms with Crippen molar-refractivity contribution < 1.29 is 9.53 Å². The topological polar surface area (TPSA) is 60.3 Å². The molecule has 1 fully saturated rings. The van der Waals surface area contributed by atoms with E-state index in [2.05, 4.69) is 10.3 Å². The first-order valence-electron chi connectivity index (χ1n) is 7.09. The Hall–Kier alpha value is -1.43. The summed E-state index contributed by atoms with van der Waals surface area (Å²) in [7, 11) is 0. The molecule has 2 bridgehead atoms. The first-order valence-corrected chi connectivity index (χ1v) is 7.09. The molecule has 19 heavy (non-hydrogen) atoms. The van der Waals surface area contributed by atoms with Gasteiger partial charge in [0.1, 0.15) is 5.69 Å². The molecule has 104 valence electrons. The molecule has 3 rings (SSSR count). The van der Waals surface area contributed by atoms with Crippen LogP contribution in [0.4, 0.5) is 0 Å². The number of rotatable bonds is 0. The Morgan fingerprint density at radius 2 is 2.21 bits per heavy atom. The molecule has 0 saturated carbocycles. The third-order valence-electron chi connectivity index (χ3n) is 3.87. The Morgan fingerprint density at radius 3 is 3.16 bits per heavy atom. The Bertz CT molecular complexity index is 446. The van der Waals surface area contributed by atoms with Gasteiger partial charge in [-0.3, -0.25) is 9.48 Å². The van der Waals surface area contributed by atoms with Crippen molar-refractivity contribution in [3.63, 3.8) is 0 Å². The Labute approximate surface area is 112 Å². The molecule has 1 unspecified atom stereocenters. The number of carbonyl (C=O) groups excluding carboxylic acids is 1. The molecule has 2 aliphatic rings. The molecular weight excluding hydrogens is 244 g/mol. The molecule has 6 heteroatoms. The summed E-state index contributed by atoms with van der Waals surface area (Å²) in [6.45, 7) is 2.81. The second-order valence-corrected chi connectivity index (χ2v) is 5.33. The lowest BCUT2D eigenvalue weighted by atomic mass is 10.2. The molecule has 0 aromatic carbocycles. The monoisotopic (exact) mass is 264 g/mol. The summed E-state index contributed by atoms with van der Waals surface area (Å²) in [6.07, 6.45) is 6.60. The van der Waals surface area contributed by atoms with Gasteiger partial charge in [0, 0.05) is 19.5 Å². The molecule has 1 aromatic rings. The van der Waals surface area contributed by atoms with Crippen molar-refractivity contribution in [1.82, 2.24) is 19.9 Å². The molecule has 0 N–H and O–H groups in total. The number of ether oxygens (including phenoxy) is 1. The van der Waals surface area contributed by atoms with Gasteiger partial charge in [0.05, 0.1) is 25.5 Å². The van der Waals surface area contributed by atoms with E-state index in [1.165, 1.54) is 0 Å². The van der Waals surface area contributed by atoms with E-state index < -0.39 is 0 Å². The SMILES string of the molecule is O=C1CCCCn2cc(nn2)COCC2CCCN12. The zero-order valence-corrected chi connectivity index (χ0v) is 11.1. The first kappa shape index (κ1) is 12.6. The summed E-state index contributed by atoms with van der Waals surface area (Å²) in [4.78, 5) is 14.2. The number of aromatic nitrogens is 3. The molecule has 3 heterocycles. The van der Waals surface area contributed by atoms with Crippen molar-refractivity contribution in [3.05, 3.63) is 11.9 Å². The van der Waals surface area contributed by atoms with Crippen molar-refractivity contribution >= 4 is 5.91 Å². The minimum absolute atomic E-state index is 0.253. The first-order chi connectivity index (χ1) is 9.33. The highest BCUT2D eigenvalue weighted by Crippen LogP contribution is 2.20. The molecule has 2 aliphatic heterocycles. The van der Waals surface area contributed by atoms with Crippen molar-refractivity contribution in [2.24, 2.45) is 0 Å². The van der Waals surface area contributed by atoms with Crippen LogP contribution in [0.15, 0.2) is 6.20 Å². The molecule has 1 atom stereocenters. The van der Waals surface area contributed by atoms with Crippen LogP contribution in [-0.4, -0.2) is 45.0 Å². The van der Waals surface area contributed by atoms with Gasteiger partial charge in [-0.25, -0.2) is 0 Å². The summed E-state index contributed by atoms with van der Waals surface area (Å²) < 4.78 is 7.53. The van der Waals surface area contributed by atoms with E-state index in [4.69, 9.17) is 4.74 Å². The van der Waals surface area contributed by atoms with Crippen LogP contribution < -0.4 is 0 Å². The lowest BCUT2D eigenvalue weighted by molar-refractivity contribution is -0.133. The predicted octanol–water partition coefficient (Wildman–Crippen LogP) is 0.970. The highest BCUT2D eigenvalue weighted by Gasteiger charge is 2.28. The van der Waals surface area contributed by atoms with Crippen LogP contribution in [-0.2, 0) is 22.7 Å². The number of fused-ring (bicyclic) bond motifs is 3. The minimum atomic E-state index is 0.253.